The average molecular weight is 393 g/mol. The smallest absolute Gasteiger partial charge is 0.258 e. The summed E-state index contributed by atoms with van der Waals surface area (Å²) in [6, 6.07) is 4.83. The second kappa shape index (κ2) is 8.29. The van der Waals surface area contributed by atoms with Crippen molar-refractivity contribution in [1.29, 1.82) is 0 Å². The Morgan fingerprint density at radius 3 is 2.85 bits per heavy atom. The van der Waals surface area contributed by atoms with E-state index in [1.165, 1.54) is 0 Å². The van der Waals surface area contributed by atoms with Crippen molar-refractivity contribution in [2.24, 2.45) is 7.05 Å². The number of hydrogen-bond donors (Lipinski definition) is 0. The maximum absolute atomic E-state index is 13.4. The first kappa shape index (κ1) is 19.7. The Kier molecular flexibility index (Phi) is 6.04. The van der Waals surface area contributed by atoms with Crippen LogP contribution in [-0.2, 0) is 11.8 Å². The molecule has 0 N–H and O–H groups in total. The predicted octanol–water partition coefficient (Wildman–Crippen LogP) is 2.23. The Balaban J connectivity index is 2.00. The quantitative estimate of drug-likeness (QED) is 0.780. The Hall–Kier alpha value is -2.09. The average Bonchev–Trinajstić information content (AvgIpc) is 3.06. The van der Waals surface area contributed by atoms with Gasteiger partial charge >= 0.3 is 0 Å². The molecule has 146 valence electrons. The van der Waals surface area contributed by atoms with Crippen molar-refractivity contribution in [2.75, 3.05) is 40.9 Å². The number of rotatable bonds is 5. The summed E-state index contributed by atoms with van der Waals surface area (Å²) in [5.74, 6) is 0.375. The fourth-order valence-corrected chi connectivity index (χ4v) is 3.64. The van der Waals surface area contributed by atoms with Crippen molar-refractivity contribution in [1.82, 2.24) is 19.6 Å². The van der Waals surface area contributed by atoms with Crippen LogP contribution in [0.5, 0.6) is 5.75 Å². The van der Waals surface area contributed by atoms with Gasteiger partial charge in [-0.25, -0.2) is 0 Å². The molecule has 1 aliphatic heterocycles. The summed E-state index contributed by atoms with van der Waals surface area (Å²) < 4.78 is 13.2. The zero-order chi connectivity index (χ0) is 19.6. The summed E-state index contributed by atoms with van der Waals surface area (Å²) in [7, 11) is 7.39. The van der Waals surface area contributed by atoms with Gasteiger partial charge < -0.3 is 19.3 Å². The van der Waals surface area contributed by atoms with Crippen LogP contribution in [0.15, 0.2) is 30.6 Å². The van der Waals surface area contributed by atoms with Gasteiger partial charge in [0.2, 0.25) is 0 Å². The minimum absolute atomic E-state index is 0.129. The number of nitrogens with zero attached hydrogens (tertiary/aromatic N) is 4. The Labute approximate surface area is 164 Å². The van der Waals surface area contributed by atoms with Crippen LogP contribution in [0.3, 0.4) is 0 Å². The van der Waals surface area contributed by atoms with Crippen LogP contribution in [0.25, 0.3) is 0 Å². The summed E-state index contributed by atoms with van der Waals surface area (Å²) >= 11 is 6.14. The third-order valence-electron chi connectivity index (χ3n) is 4.62. The first-order valence-electron chi connectivity index (χ1n) is 8.80. The predicted molar refractivity (Wildman–Crippen MR) is 103 cm³/mol. The molecule has 1 saturated heterocycles. The molecule has 2 aromatic rings. The molecular formula is C19H25ClN4O3. The Morgan fingerprint density at radius 2 is 2.22 bits per heavy atom. The van der Waals surface area contributed by atoms with E-state index in [1.807, 2.05) is 32.2 Å². The lowest BCUT2D eigenvalue weighted by atomic mass is 9.99. The molecule has 0 unspecified atom stereocenters. The minimum atomic E-state index is -0.244. The highest BCUT2D eigenvalue weighted by Crippen LogP contribution is 2.33. The van der Waals surface area contributed by atoms with Crippen LogP contribution in [-0.4, -0.2) is 72.5 Å². The number of benzene rings is 1. The van der Waals surface area contributed by atoms with Gasteiger partial charge in [-0.05, 0) is 32.3 Å². The van der Waals surface area contributed by atoms with Gasteiger partial charge in [-0.1, -0.05) is 11.6 Å². The van der Waals surface area contributed by atoms with Gasteiger partial charge in [0.15, 0.2) is 0 Å². The number of likely N-dealkylation sites (N-methyl/N-ethyl adjacent to an activating group) is 1. The van der Waals surface area contributed by atoms with Crippen molar-refractivity contribution >= 4 is 17.5 Å². The first-order chi connectivity index (χ1) is 12.9. The highest BCUT2D eigenvalue weighted by Gasteiger charge is 2.38. The van der Waals surface area contributed by atoms with Crippen LogP contribution in [0.2, 0.25) is 5.02 Å². The van der Waals surface area contributed by atoms with Crippen molar-refractivity contribution in [3.8, 4) is 5.75 Å². The van der Waals surface area contributed by atoms with E-state index >= 15 is 0 Å². The third-order valence-corrected chi connectivity index (χ3v) is 4.85. The minimum Gasteiger partial charge on any atom is -0.496 e. The topological polar surface area (TPSA) is 59.8 Å². The Morgan fingerprint density at radius 1 is 1.44 bits per heavy atom. The largest absolute Gasteiger partial charge is 0.496 e. The molecular weight excluding hydrogens is 368 g/mol. The van der Waals surface area contributed by atoms with Gasteiger partial charge in [0.05, 0.1) is 37.6 Å². The van der Waals surface area contributed by atoms with E-state index in [1.54, 1.807) is 36.2 Å². The molecule has 1 aromatic carbocycles. The summed E-state index contributed by atoms with van der Waals surface area (Å²) in [6.07, 6.45) is 3.56. The standard InChI is InChI=1S/C19H25ClN4O3/c1-22(2)12-17-18(13-10-21-23(3)11-13)24(7-8-27-17)19(25)15-9-14(20)5-6-16(15)26-4/h5-6,9-11,17-18H,7-8,12H2,1-4H3/t17-,18-/m0/s1. The zero-order valence-electron chi connectivity index (χ0n) is 16.1. The van der Waals surface area contributed by atoms with Crippen molar-refractivity contribution in [2.45, 2.75) is 12.1 Å². The molecule has 0 saturated carbocycles. The van der Waals surface area contributed by atoms with E-state index < -0.39 is 0 Å². The van der Waals surface area contributed by atoms with E-state index in [4.69, 9.17) is 21.1 Å². The zero-order valence-corrected chi connectivity index (χ0v) is 16.8. The molecule has 1 aromatic heterocycles. The van der Waals surface area contributed by atoms with Crippen LogP contribution >= 0.6 is 11.6 Å². The van der Waals surface area contributed by atoms with Crippen LogP contribution in [0.1, 0.15) is 22.0 Å². The van der Waals surface area contributed by atoms with Crippen molar-refractivity contribution < 1.29 is 14.3 Å². The lowest BCUT2D eigenvalue weighted by molar-refractivity contribution is -0.0685. The lowest BCUT2D eigenvalue weighted by Gasteiger charge is -2.42. The lowest BCUT2D eigenvalue weighted by Crippen LogP contribution is -2.51. The molecule has 0 bridgehead atoms. The number of morpholine rings is 1. The molecule has 1 fully saturated rings. The number of carbonyl (C=O) groups is 1. The number of carbonyl (C=O) groups excluding carboxylic acids is 1. The number of aryl methyl sites for hydroxylation is 1. The molecule has 0 aliphatic carbocycles. The summed E-state index contributed by atoms with van der Waals surface area (Å²) in [5.41, 5.74) is 1.39. The van der Waals surface area contributed by atoms with Crippen molar-refractivity contribution in [3.05, 3.63) is 46.7 Å². The van der Waals surface area contributed by atoms with Gasteiger partial charge in [0.25, 0.3) is 5.91 Å². The van der Waals surface area contributed by atoms with E-state index in [0.29, 0.717) is 36.0 Å². The van der Waals surface area contributed by atoms with Gasteiger partial charge in [0, 0.05) is 36.9 Å². The van der Waals surface area contributed by atoms with Crippen molar-refractivity contribution in [3.63, 3.8) is 0 Å². The fraction of sp³-hybridized carbons (Fsp3) is 0.474. The maximum Gasteiger partial charge on any atom is 0.258 e. The van der Waals surface area contributed by atoms with Crippen LogP contribution < -0.4 is 4.74 Å². The number of methoxy groups -OCH3 is 1. The van der Waals surface area contributed by atoms with Crippen LogP contribution in [0.4, 0.5) is 0 Å². The Bertz CT molecular complexity index is 808. The molecule has 2 atom stereocenters. The highest BCUT2D eigenvalue weighted by molar-refractivity contribution is 6.31. The van der Waals surface area contributed by atoms with E-state index in [9.17, 15) is 4.79 Å². The maximum atomic E-state index is 13.4. The van der Waals surface area contributed by atoms with E-state index in [-0.39, 0.29) is 18.1 Å². The number of hydrogen-bond acceptors (Lipinski definition) is 5. The molecule has 2 heterocycles. The first-order valence-corrected chi connectivity index (χ1v) is 9.18. The number of aromatic nitrogens is 2. The normalized spacial score (nSPS) is 20.1. The molecule has 3 rings (SSSR count). The fourth-order valence-electron chi connectivity index (χ4n) is 3.46. The molecule has 0 spiro atoms. The second-order valence-corrected chi connectivity index (χ2v) is 7.34. The number of ether oxygens (including phenoxy) is 2. The number of amides is 1. The molecule has 7 nitrogen and oxygen atoms in total. The van der Waals surface area contributed by atoms with Gasteiger partial charge in [0.1, 0.15) is 5.75 Å². The molecule has 1 amide bonds. The summed E-state index contributed by atoms with van der Waals surface area (Å²) in [4.78, 5) is 17.3. The monoisotopic (exact) mass is 392 g/mol. The second-order valence-electron chi connectivity index (χ2n) is 6.91. The molecule has 1 aliphatic rings. The number of halogens is 1. The highest BCUT2D eigenvalue weighted by atomic mass is 35.5. The van der Waals surface area contributed by atoms with Gasteiger partial charge in [-0.3, -0.25) is 9.48 Å². The van der Waals surface area contributed by atoms with Crippen LogP contribution in [0, 0.1) is 0 Å². The summed E-state index contributed by atoms with van der Waals surface area (Å²) in [6.45, 7) is 1.65. The van der Waals surface area contributed by atoms with Gasteiger partial charge in [-0.15, -0.1) is 0 Å². The molecule has 0 radical (unpaired) electrons. The third kappa shape index (κ3) is 4.26. The SMILES string of the molecule is COc1ccc(Cl)cc1C(=O)N1CCO[C@@H](CN(C)C)[C@@H]1c1cnn(C)c1. The molecule has 27 heavy (non-hydrogen) atoms. The van der Waals surface area contributed by atoms with Gasteiger partial charge in [-0.2, -0.15) is 5.10 Å². The molecule has 8 heteroatoms. The van der Waals surface area contributed by atoms with E-state index in [0.717, 1.165) is 5.56 Å². The van der Waals surface area contributed by atoms with E-state index in [2.05, 4.69) is 10.00 Å². The summed E-state index contributed by atoms with van der Waals surface area (Å²) in [5, 5.41) is 4.78.